The number of carbonyl (C=O) groups is 1. The van der Waals surface area contributed by atoms with Gasteiger partial charge in [0.2, 0.25) is 0 Å². The quantitative estimate of drug-likeness (QED) is 0.698. The van der Waals surface area contributed by atoms with Crippen LogP contribution in [0.2, 0.25) is 0 Å². The van der Waals surface area contributed by atoms with Crippen LogP contribution in [0.25, 0.3) is 0 Å². The van der Waals surface area contributed by atoms with Crippen LogP contribution in [0, 0.1) is 13.8 Å². The molecular formula is C24H34N4O3. The molecule has 1 N–H and O–H groups in total. The van der Waals surface area contributed by atoms with E-state index < -0.39 is 0 Å². The van der Waals surface area contributed by atoms with Crippen LogP contribution in [0.3, 0.4) is 0 Å². The number of nitrogens with one attached hydrogen (secondary N) is 1. The summed E-state index contributed by atoms with van der Waals surface area (Å²) in [6.07, 6.45) is 2.65. The number of methoxy groups -OCH3 is 1. The van der Waals surface area contributed by atoms with Gasteiger partial charge in [-0.25, -0.2) is 9.97 Å². The van der Waals surface area contributed by atoms with E-state index in [-0.39, 0.29) is 12.0 Å². The van der Waals surface area contributed by atoms with Crippen LogP contribution in [0.1, 0.15) is 54.3 Å². The maximum absolute atomic E-state index is 12.7. The van der Waals surface area contributed by atoms with Crippen LogP contribution in [0.4, 0.5) is 0 Å². The lowest BCUT2D eigenvalue weighted by Crippen LogP contribution is -2.41. The first-order valence-corrected chi connectivity index (χ1v) is 11.0. The number of piperidine rings is 1. The van der Waals surface area contributed by atoms with E-state index in [0.717, 1.165) is 43.1 Å². The predicted molar refractivity (Wildman–Crippen MR) is 121 cm³/mol. The fourth-order valence-corrected chi connectivity index (χ4v) is 3.90. The van der Waals surface area contributed by atoms with E-state index in [4.69, 9.17) is 9.47 Å². The molecule has 0 bridgehead atoms. The van der Waals surface area contributed by atoms with Crippen molar-refractivity contribution in [2.45, 2.75) is 59.1 Å². The third-order valence-electron chi connectivity index (χ3n) is 5.59. The summed E-state index contributed by atoms with van der Waals surface area (Å²) < 4.78 is 11.7. The number of carbonyl (C=O) groups excluding carboxylic acids is 1. The molecule has 0 unspecified atom stereocenters. The molecule has 0 aliphatic carbocycles. The summed E-state index contributed by atoms with van der Waals surface area (Å²) >= 11 is 0. The van der Waals surface area contributed by atoms with Crippen LogP contribution in [0.15, 0.2) is 24.3 Å². The summed E-state index contributed by atoms with van der Waals surface area (Å²) in [5.41, 5.74) is 2.42. The van der Waals surface area contributed by atoms with Crippen LogP contribution >= 0.6 is 0 Å². The highest BCUT2D eigenvalue weighted by Gasteiger charge is 2.23. The molecular weight excluding hydrogens is 392 g/mol. The van der Waals surface area contributed by atoms with Crippen LogP contribution in [0.5, 0.6) is 11.5 Å². The van der Waals surface area contributed by atoms with Gasteiger partial charge in [-0.05, 0) is 64.8 Å². The number of aryl methyl sites for hydroxylation is 2. The first-order chi connectivity index (χ1) is 14.9. The summed E-state index contributed by atoms with van der Waals surface area (Å²) in [7, 11) is 1.62. The fourth-order valence-electron chi connectivity index (χ4n) is 3.90. The van der Waals surface area contributed by atoms with Crippen LogP contribution in [-0.2, 0) is 6.42 Å². The minimum Gasteiger partial charge on any atom is -0.493 e. The lowest BCUT2D eigenvalue weighted by molar-refractivity contribution is 0.0819. The Morgan fingerprint density at radius 2 is 1.81 bits per heavy atom. The molecule has 3 rings (SSSR count). The van der Waals surface area contributed by atoms with Crippen molar-refractivity contribution in [3.05, 3.63) is 47.0 Å². The molecule has 0 saturated carbocycles. The number of nitrogens with zero attached hydrogens (tertiary/aromatic N) is 3. The fraction of sp³-hybridized carbons (Fsp3) is 0.542. The van der Waals surface area contributed by atoms with E-state index in [9.17, 15) is 4.79 Å². The van der Waals surface area contributed by atoms with Gasteiger partial charge in [0.1, 0.15) is 11.9 Å². The van der Waals surface area contributed by atoms with Gasteiger partial charge in [-0.1, -0.05) is 0 Å². The van der Waals surface area contributed by atoms with Crippen molar-refractivity contribution in [1.82, 2.24) is 20.2 Å². The lowest BCUT2D eigenvalue weighted by Gasteiger charge is -2.34. The second-order valence-corrected chi connectivity index (χ2v) is 8.39. The van der Waals surface area contributed by atoms with Crippen molar-refractivity contribution < 1.29 is 14.3 Å². The number of ether oxygens (including phenoxy) is 2. The van der Waals surface area contributed by atoms with E-state index in [2.05, 4.69) is 34.0 Å². The van der Waals surface area contributed by atoms with Crippen LogP contribution < -0.4 is 14.8 Å². The molecule has 1 aromatic heterocycles. The zero-order chi connectivity index (χ0) is 22.4. The van der Waals surface area contributed by atoms with Crippen molar-refractivity contribution in [1.29, 1.82) is 0 Å². The third-order valence-corrected chi connectivity index (χ3v) is 5.59. The van der Waals surface area contributed by atoms with Gasteiger partial charge in [-0.3, -0.25) is 4.79 Å². The molecule has 1 saturated heterocycles. The van der Waals surface area contributed by atoms with Crippen molar-refractivity contribution in [2.24, 2.45) is 0 Å². The number of benzene rings is 1. The molecule has 1 aliphatic heterocycles. The average Bonchev–Trinajstić information content (AvgIpc) is 2.73. The molecule has 7 nitrogen and oxygen atoms in total. The Labute approximate surface area is 185 Å². The van der Waals surface area contributed by atoms with Gasteiger partial charge in [-0.15, -0.1) is 0 Å². The largest absolute Gasteiger partial charge is 0.493 e. The first kappa shape index (κ1) is 23.0. The molecule has 0 atom stereocenters. The number of hydrogen-bond donors (Lipinski definition) is 1. The Hall–Kier alpha value is -2.67. The van der Waals surface area contributed by atoms with Crippen LogP contribution in [-0.4, -0.2) is 59.7 Å². The molecule has 168 valence electrons. The smallest absolute Gasteiger partial charge is 0.251 e. The minimum atomic E-state index is -0.147. The van der Waals surface area contributed by atoms with Gasteiger partial charge in [0.15, 0.2) is 11.5 Å². The Morgan fingerprint density at radius 1 is 1.13 bits per heavy atom. The zero-order valence-electron chi connectivity index (χ0n) is 19.3. The number of hydrogen-bond acceptors (Lipinski definition) is 6. The number of amides is 1. The van der Waals surface area contributed by atoms with Gasteiger partial charge in [0, 0.05) is 49.0 Å². The van der Waals surface area contributed by atoms with Crippen molar-refractivity contribution in [3.8, 4) is 11.5 Å². The monoisotopic (exact) mass is 426 g/mol. The molecule has 1 aliphatic rings. The molecule has 0 radical (unpaired) electrons. The first-order valence-electron chi connectivity index (χ1n) is 11.0. The topological polar surface area (TPSA) is 76.6 Å². The molecule has 0 spiro atoms. The standard InChI is InChI=1S/C24H34N4O3/c1-16(2)28-12-9-20(10-13-28)31-22-15-19(6-7-21(22)30-5)24(29)25-11-8-23-26-17(3)14-18(4)27-23/h6-7,14-16,20H,8-13H2,1-5H3,(H,25,29). The van der Waals surface area contributed by atoms with Gasteiger partial charge < -0.3 is 19.7 Å². The summed E-state index contributed by atoms with van der Waals surface area (Å²) in [6, 6.07) is 7.82. The SMILES string of the molecule is COc1ccc(C(=O)NCCc2nc(C)cc(C)n2)cc1OC1CCN(C(C)C)CC1. The molecule has 1 fully saturated rings. The zero-order valence-corrected chi connectivity index (χ0v) is 19.3. The summed E-state index contributed by atoms with van der Waals surface area (Å²) in [4.78, 5) is 24.0. The summed E-state index contributed by atoms with van der Waals surface area (Å²) in [5, 5.41) is 2.95. The van der Waals surface area contributed by atoms with Gasteiger partial charge in [0.05, 0.1) is 7.11 Å². The normalized spacial score (nSPS) is 15.2. The highest BCUT2D eigenvalue weighted by molar-refractivity contribution is 5.94. The van der Waals surface area contributed by atoms with E-state index in [0.29, 0.717) is 36.1 Å². The van der Waals surface area contributed by atoms with E-state index in [1.165, 1.54) is 0 Å². The minimum absolute atomic E-state index is 0.129. The molecule has 1 amide bonds. The highest BCUT2D eigenvalue weighted by Crippen LogP contribution is 2.31. The van der Waals surface area contributed by atoms with Crippen molar-refractivity contribution in [3.63, 3.8) is 0 Å². The van der Waals surface area contributed by atoms with E-state index in [1.54, 1.807) is 25.3 Å². The number of aromatic nitrogens is 2. The third kappa shape index (κ3) is 6.40. The Balaban J connectivity index is 1.59. The predicted octanol–water partition coefficient (Wildman–Crippen LogP) is 3.33. The summed E-state index contributed by atoms with van der Waals surface area (Å²) in [6.45, 7) is 10.8. The lowest BCUT2D eigenvalue weighted by atomic mass is 10.1. The molecule has 31 heavy (non-hydrogen) atoms. The second-order valence-electron chi connectivity index (χ2n) is 8.39. The van der Waals surface area contributed by atoms with E-state index in [1.807, 2.05) is 19.9 Å². The van der Waals surface area contributed by atoms with Gasteiger partial charge >= 0.3 is 0 Å². The summed E-state index contributed by atoms with van der Waals surface area (Å²) in [5.74, 6) is 1.86. The average molecular weight is 427 g/mol. The second kappa shape index (κ2) is 10.6. The number of likely N-dealkylation sites (tertiary alicyclic amines) is 1. The molecule has 1 aromatic carbocycles. The number of rotatable bonds is 8. The van der Waals surface area contributed by atoms with Gasteiger partial charge in [-0.2, -0.15) is 0 Å². The maximum Gasteiger partial charge on any atom is 0.251 e. The van der Waals surface area contributed by atoms with Crippen molar-refractivity contribution in [2.75, 3.05) is 26.7 Å². The van der Waals surface area contributed by atoms with Gasteiger partial charge in [0.25, 0.3) is 5.91 Å². The molecule has 7 heteroatoms. The Morgan fingerprint density at radius 3 is 2.42 bits per heavy atom. The Bertz CT molecular complexity index is 872. The van der Waals surface area contributed by atoms with E-state index >= 15 is 0 Å². The maximum atomic E-state index is 12.7. The molecule has 2 aromatic rings. The molecule has 2 heterocycles. The highest BCUT2D eigenvalue weighted by atomic mass is 16.5. The van der Waals surface area contributed by atoms with Crippen molar-refractivity contribution >= 4 is 5.91 Å². The Kier molecular flexibility index (Phi) is 7.85.